The maximum Gasteiger partial charge on any atom is 0.271 e. The highest BCUT2D eigenvalue weighted by Crippen LogP contribution is 2.27. The summed E-state index contributed by atoms with van der Waals surface area (Å²) in [5, 5.41) is 3.74. The van der Waals surface area contributed by atoms with E-state index >= 15 is 0 Å². The van der Waals surface area contributed by atoms with Gasteiger partial charge in [-0.1, -0.05) is 6.92 Å². The summed E-state index contributed by atoms with van der Waals surface area (Å²) in [6.07, 6.45) is 1.61. The lowest BCUT2D eigenvalue weighted by Crippen LogP contribution is -2.41. The Hall–Kier alpha value is -1.70. The summed E-state index contributed by atoms with van der Waals surface area (Å²) in [5.41, 5.74) is 0.491. The molecule has 1 saturated heterocycles. The maximum absolute atomic E-state index is 12.4. The van der Waals surface area contributed by atoms with E-state index in [1.807, 2.05) is 19.1 Å². The molecule has 0 spiro atoms. The second-order valence-electron chi connectivity index (χ2n) is 6.13. The fraction of sp³-hybridized carbons (Fsp3) is 0.529. The van der Waals surface area contributed by atoms with Crippen LogP contribution in [-0.2, 0) is 4.74 Å². The molecule has 7 heteroatoms. The van der Waals surface area contributed by atoms with Gasteiger partial charge < -0.3 is 14.5 Å². The quantitative estimate of drug-likeness (QED) is 0.867. The molecule has 130 valence electrons. The number of hydrogen-bond donors (Lipinski definition) is 1. The smallest absolute Gasteiger partial charge is 0.271 e. The van der Waals surface area contributed by atoms with Crippen LogP contribution in [-0.4, -0.2) is 55.2 Å². The molecule has 1 aliphatic rings. The Bertz CT molecular complexity index is 663. The van der Waals surface area contributed by atoms with Crippen LogP contribution in [0.4, 0.5) is 0 Å². The van der Waals surface area contributed by atoms with E-state index in [1.165, 1.54) is 11.3 Å². The van der Waals surface area contributed by atoms with Crippen molar-refractivity contribution >= 4 is 17.2 Å². The van der Waals surface area contributed by atoms with Crippen molar-refractivity contribution in [2.24, 2.45) is 5.92 Å². The predicted octanol–water partition coefficient (Wildman–Crippen LogP) is 2.41. The van der Waals surface area contributed by atoms with Gasteiger partial charge in [-0.15, -0.1) is 11.3 Å². The zero-order valence-electron chi connectivity index (χ0n) is 14.1. The number of rotatable bonds is 6. The maximum atomic E-state index is 12.4. The summed E-state index contributed by atoms with van der Waals surface area (Å²) < 4.78 is 10.7. The largest absolute Gasteiger partial charge is 0.462 e. The van der Waals surface area contributed by atoms with E-state index in [0.717, 1.165) is 42.7 Å². The van der Waals surface area contributed by atoms with Crippen LogP contribution >= 0.6 is 11.3 Å². The summed E-state index contributed by atoms with van der Waals surface area (Å²) in [6.45, 7) is 9.21. The summed E-state index contributed by atoms with van der Waals surface area (Å²) in [7, 11) is 0. The standard InChI is InChI=1S/C17H23N3O3S/c1-12(11-20-5-8-22-9-6-20)10-18-16(21)15-13(2)24-17(19-15)14-4-3-7-23-14/h3-4,7,12H,5-6,8-11H2,1-2H3,(H,18,21). The van der Waals surface area contributed by atoms with E-state index < -0.39 is 0 Å². The van der Waals surface area contributed by atoms with E-state index in [9.17, 15) is 4.79 Å². The van der Waals surface area contributed by atoms with Crippen LogP contribution in [0.3, 0.4) is 0 Å². The Labute approximate surface area is 145 Å². The van der Waals surface area contributed by atoms with Crippen molar-refractivity contribution in [3.63, 3.8) is 0 Å². The second kappa shape index (κ2) is 7.92. The number of furan rings is 1. The second-order valence-corrected chi connectivity index (χ2v) is 7.33. The number of nitrogens with one attached hydrogen (secondary N) is 1. The van der Waals surface area contributed by atoms with Crippen molar-refractivity contribution in [1.29, 1.82) is 0 Å². The third-order valence-electron chi connectivity index (χ3n) is 4.03. The van der Waals surface area contributed by atoms with Gasteiger partial charge >= 0.3 is 0 Å². The van der Waals surface area contributed by atoms with Gasteiger partial charge in [-0.3, -0.25) is 9.69 Å². The van der Waals surface area contributed by atoms with E-state index in [0.29, 0.717) is 23.9 Å². The van der Waals surface area contributed by atoms with Gasteiger partial charge in [0.1, 0.15) is 5.69 Å². The number of morpholine rings is 1. The summed E-state index contributed by atoms with van der Waals surface area (Å²) in [5.74, 6) is 0.966. The van der Waals surface area contributed by atoms with E-state index in [2.05, 4.69) is 22.1 Å². The van der Waals surface area contributed by atoms with Gasteiger partial charge in [-0.2, -0.15) is 0 Å². The van der Waals surface area contributed by atoms with Crippen molar-refractivity contribution in [1.82, 2.24) is 15.2 Å². The van der Waals surface area contributed by atoms with Crippen molar-refractivity contribution < 1.29 is 13.9 Å². The van der Waals surface area contributed by atoms with Gasteiger partial charge in [0.25, 0.3) is 5.91 Å². The normalized spacial score (nSPS) is 16.9. The van der Waals surface area contributed by atoms with Crippen LogP contribution < -0.4 is 5.32 Å². The third kappa shape index (κ3) is 4.23. The predicted molar refractivity (Wildman–Crippen MR) is 93.3 cm³/mol. The molecule has 3 heterocycles. The first-order valence-corrected chi connectivity index (χ1v) is 9.04. The summed E-state index contributed by atoms with van der Waals surface area (Å²) >= 11 is 1.48. The van der Waals surface area contributed by atoms with E-state index in [-0.39, 0.29) is 5.91 Å². The molecule has 1 aliphatic heterocycles. The lowest BCUT2D eigenvalue weighted by molar-refractivity contribution is 0.0317. The first kappa shape index (κ1) is 17.1. The molecule has 24 heavy (non-hydrogen) atoms. The van der Waals surface area contributed by atoms with Gasteiger partial charge in [-0.25, -0.2) is 4.98 Å². The fourth-order valence-electron chi connectivity index (χ4n) is 2.75. The van der Waals surface area contributed by atoms with E-state index in [1.54, 1.807) is 6.26 Å². The number of hydrogen-bond acceptors (Lipinski definition) is 6. The molecule has 1 unspecified atom stereocenters. The van der Waals surface area contributed by atoms with Crippen molar-refractivity contribution in [3.8, 4) is 10.8 Å². The molecule has 6 nitrogen and oxygen atoms in total. The molecule has 1 atom stereocenters. The molecule has 0 saturated carbocycles. The Kier molecular flexibility index (Phi) is 5.65. The van der Waals surface area contributed by atoms with Crippen LogP contribution in [0.1, 0.15) is 22.3 Å². The minimum atomic E-state index is -0.115. The molecule has 0 radical (unpaired) electrons. The first-order valence-electron chi connectivity index (χ1n) is 8.23. The monoisotopic (exact) mass is 349 g/mol. The molecule has 2 aromatic rings. The van der Waals surface area contributed by atoms with Crippen LogP contribution in [0.2, 0.25) is 0 Å². The number of ether oxygens (including phenoxy) is 1. The zero-order valence-corrected chi connectivity index (χ0v) is 14.9. The van der Waals surface area contributed by atoms with Crippen LogP contribution in [0.15, 0.2) is 22.8 Å². The molecule has 1 amide bonds. The number of carbonyl (C=O) groups is 1. The highest BCUT2D eigenvalue weighted by Gasteiger charge is 2.19. The Morgan fingerprint density at radius 3 is 2.96 bits per heavy atom. The molecule has 1 N–H and O–H groups in total. The number of nitrogens with zero attached hydrogens (tertiary/aromatic N) is 2. The Morgan fingerprint density at radius 1 is 1.46 bits per heavy atom. The third-order valence-corrected chi connectivity index (χ3v) is 5.01. The average Bonchev–Trinajstić information content (AvgIpc) is 3.23. The number of thiazole rings is 1. The van der Waals surface area contributed by atoms with Crippen molar-refractivity contribution in [3.05, 3.63) is 29.0 Å². The fourth-order valence-corrected chi connectivity index (χ4v) is 3.63. The summed E-state index contributed by atoms with van der Waals surface area (Å²) in [4.78, 5) is 20.1. The van der Waals surface area contributed by atoms with Crippen molar-refractivity contribution in [2.75, 3.05) is 39.4 Å². The molecular weight excluding hydrogens is 326 g/mol. The van der Waals surface area contributed by atoms with Gasteiger partial charge in [0.05, 0.1) is 19.5 Å². The molecule has 0 aliphatic carbocycles. The zero-order chi connectivity index (χ0) is 16.9. The van der Waals surface area contributed by atoms with Crippen LogP contribution in [0.25, 0.3) is 10.8 Å². The molecule has 0 bridgehead atoms. The van der Waals surface area contributed by atoms with Crippen LogP contribution in [0.5, 0.6) is 0 Å². The molecule has 0 aromatic carbocycles. The van der Waals surface area contributed by atoms with Gasteiger partial charge in [0.15, 0.2) is 10.8 Å². The average molecular weight is 349 g/mol. The highest BCUT2D eigenvalue weighted by molar-refractivity contribution is 7.15. The lowest BCUT2D eigenvalue weighted by Gasteiger charge is -2.29. The van der Waals surface area contributed by atoms with E-state index in [4.69, 9.17) is 9.15 Å². The Balaban J connectivity index is 1.53. The number of aryl methyl sites for hydroxylation is 1. The number of amides is 1. The minimum Gasteiger partial charge on any atom is -0.462 e. The lowest BCUT2D eigenvalue weighted by atomic mass is 10.1. The minimum absolute atomic E-state index is 0.115. The SMILES string of the molecule is Cc1sc(-c2ccco2)nc1C(=O)NCC(C)CN1CCOCC1. The Morgan fingerprint density at radius 2 is 2.25 bits per heavy atom. The van der Waals surface area contributed by atoms with Gasteiger partial charge in [0, 0.05) is 31.1 Å². The number of aromatic nitrogens is 1. The van der Waals surface area contributed by atoms with Crippen molar-refractivity contribution in [2.45, 2.75) is 13.8 Å². The topological polar surface area (TPSA) is 67.6 Å². The molecule has 2 aromatic heterocycles. The highest BCUT2D eigenvalue weighted by atomic mass is 32.1. The van der Waals surface area contributed by atoms with Crippen LogP contribution in [0, 0.1) is 12.8 Å². The van der Waals surface area contributed by atoms with Gasteiger partial charge in [0.2, 0.25) is 0 Å². The van der Waals surface area contributed by atoms with Gasteiger partial charge in [-0.05, 0) is 25.0 Å². The number of carbonyl (C=O) groups excluding carboxylic acids is 1. The first-order chi connectivity index (χ1) is 11.6. The molecular formula is C17H23N3O3S. The molecule has 3 rings (SSSR count). The summed E-state index contributed by atoms with van der Waals surface area (Å²) in [6, 6.07) is 3.67. The molecule has 1 fully saturated rings.